The van der Waals surface area contributed by atoms with Crippen LogP contribution in [0.15, 0.2) is 34.7 Å². The van der Waals surface area contributed by atoms with Crippen LogP contribution in [0.1, 0.15) is 21.7 Å². The number of nitrogens with one attached hydrogen (secondary N) is 1. The van der Waals surface area contributed by atoms with Gasteiger partial charge in [0.1, 0.15) is 17.1 Å². The minimum absolute atomic E-state index is 0.288. The molecular weight excluding hydrogens is 218 g/mol. The molecule has 4 nitrogen and oxygen atoms in total. The van der Waals surface area contributed by atoms with Crippen LogP contribution < -0.4 is 5.32 Å². The Kier molecular flexibility index (Phi) is 2.23. The van der Waals surface area contributed by atoms with E-state index in [0.29, 0.717) is 18.8 Å². The van der Waals surface area contributed by atoms with Crippen LogP contribution in [0.4, 0.5) is 0 Å². The van der Waals surface area contributed by atoms with E-state index in [1.165, 1.54) is 0 Å². The maximum Gasteiger partial charge on any atom is 0.339 e. The molecule has 0 atom stereocenters. The molecule has 0 radical (unpaired) electrons. The molecule has 0 saturated carbocycles. The maximum absolute atomic E-state index is 11.3. The van der Waals surface area contributed by atoms with Gasteiger partial charge in [0.2, 0.25) is 0 Å². The summed E-state index contributed by atoms with van der Waals surface area (Å²) in [6.45, 7) is 1.16. The van der Waals surface area contributed by atoms with Gasteiger partial charge in [0.25, 0.3) is 0 Å². The topological polar surface area (TPSA) is 62.5 Å². The number of hydrogen-bond donors (Lipinski definition) is 2. The van der Waals surface area contributed by atoms with Gasteiger partial charge in [0.05, 0.1) is 6.54 Å². The SMILES string of the molecule is O=C(O)c1c(-c2ccccc2)oc2c1CNC2. The Balaban J connectivity index is 2.21. The first-order chi connectivity index (χ1) is 8.27. The quantitative estimate of drug-likeness (QED) is 0.829. The van der Waals surface area contributed by atoms with E-state index in [0.717, 1.165) is 16.9 Å². The molecule has 2 aromatic rings. The highest BCUT2D eigenvalue weighted by atomic mass is 16.4. The molecule has 17 heavy (non-hydrogen) atoms. The van der Waals surface area contributed by atoms with Crippen molar-refractivity contribution in [2.45, 2.75) is 13.1 Å². The zero-order chi connectivity index (χ0) is 11.8. The molecule has 86 valence electrons. The number of hydrogen-bond acceptors (Lipinski definition) is 3. The molecule has 0 bridgehead atoms. The second kappa shape index (κ2) is 3.75. The minimum Gasteiger partial charge on any atom is -0.478 e. The van der Waals surface area contributed by atoms with Crippen LogP contribution in [-0.2, 0) is 13.1 Å². The first-order valence-corrected chi connectivity index (χ1v) is 5.41. The summed E-state index contributed by atoms with van der Waals surface area (Å²) in [5.41, 5.74) is 1.87. The fraction of sp³-hybridized carbons (Fsp3) is 0.154. The van der Waals surface area contributed by atoms with Gasteiger partial charge in [0.15, 0.2) is 0 Å². The first-order valence-electron chi connectivity index (χ1n) is 5.41. The highest BCUT2D eigenvalue weighted by Gasteiger charge is 2.28. The van der Waals surface area contributed by atoms with Crippen LogP contribution in [0.25, 0.3) is 11.3 Å². The van der Waals surface area contributed by atoms with E-state index >= 15 is 0 Å². The zero-order valence-corrected chi connectivity index (χ0v) is 9.06. The van der Waals surface area contributed by atoms with Crippen LogP contribution in [0, 0.1) is 0 Å². The Morgan fingerprint density at radius 2 is 2.00 bits per heavy atom. The van der Waals surface area contributed by atoms with E-state index in [1.807, 2.05) is 30.3 Å². The highest BCUT2D eigenvalue weighted by Crippen LogP contribution is 2.33. The van der Waals surface area contributed by atoms with Crippen molar-refractivity contribution in [2.75, 3.05) is 0 Å². The maximum atomic E-state index is 11.3. The van der Waals surface area contributed by atoms with E-state index in [9.17, 15) is 9.90 Å². The number of fused-ring (bicyclic) bond motifs is 1. The van der Waals surface area contributed by atoms with Gasteiger partial charge in [-0.3, -0.25) is 0 Å². The van der Waals surface area contributed by atoms with Gasteiger partial charge in [0, 0.05) is 17.7 Å². The van der Waals surface area contributed by atoms with Crippen molar-refractivity contribution in [3.8, 4) is 11.3 Å². The average Bonchev–Trinajstić information content (AvgIpc) is 2.88. The van der Waals surface area contributed by atoms with Crippen LogP contribution >= 0.6 is 0 Å². The molecular formula is C13H11NO3. The van der Waals surface area contributed by atoms with Gasteiger partial charge in [-0.15, -0.1) is 0 Å². The van der Waals surface area contributed by atoms with E-state index < -0.39 is 5.97 Å². The van der Waals surface area contributed by atoms with Crippen molar-refractivity contribution >= 4 is 5.97 Å². The number of aromatic carboxylic acids is 1. The number of carbonyl (C=O) groups is 1. The summed E-state index contributed by atoms with van der Waals surface area (Å²) >= 11 is 0. The normalized spacial score (nSPS) is 13.6. The Hall–Kier alpha value is -2.07. The molecule has 2 N–H and O–H groups in total. The van der Waals surface area contributed by atoms with Gasteiger partial charge < -0.3 is 14.8 Å². The Morgan fingerprint density at radius 3 is 2.71 bits per heavy atom. The number of furan rings is 1. The van der Waals surface area contributed by atoms with Crippen LogP contribution in [0.3, 0.4) is 0 Å². The smallest absolute Gasteiger partial charge is 0.339 e. The van der Waals surface area contributed by atoms with Gasteiger partial charge in [-0.05, 0) is 0 Å². The van der Waals surface area contributed by atoms with Crippen LogP contribution in [0.5, 0.6) is 0 Å². The summed E-state index contributed by atoms with van der Waals surface area (Å²) in [6.07, 6.45) is 0. The summed E-state index contributed by atoms with van der Waals surface area (Å²) in [4.78, 5) is 11.3. The monoisotopic (exact) mass is 229 g/mol. The summed E-state index contributed by atoms with van der Waals surface area (Å²) in [6, 6.07) is 9.34. The molecule has 1 aliphatic heterocycles. The number of carboxylic acid groups (broad SMARTS) is 1. The van der Waals surface area contributed by atoms with Crippen molar-refractivity contribution < 1.29 is 14.3 Å². The minimum atomic E-state index is -0.933. The standard InChI is InChI=1S/C13H11NO3/c15-13(16)11-9-6-14-7-10(9)17-12(11)8-4-2-1-3-5-8/h1-5,14H,6-7H2,(H,15,16). The highest BCUT2D eigenvalue weighted by molar-refractivity contribution is 5.96. The Bertz CT molecular complexity index is 572. The molecule has 0 fully saturated rings. The summed E-state index contributed by atoms with van der Waals surface area (Å²) < 4.78 is 5.66. The third-order valence-electron chi connectivity index (χ3n) is 2.93. The third-order valence-corrected chi connectivity index (χ3v) is 2.93. The molecule has 3 rings (SSSR count). The molecule has 1 aromatic carbocycles. The van der Waals surface area contributed by atoms with Gasteiger partial charge >= 0.3 is 5.97 Å². The Morgan fingerprint density at radius 1 is 1.24 bits per heavy atom. The second-order valence-electron chi connectivity index (χ2n) is 3.98. The fourth-order valence-corrected chi connectivity index (χ4v) is 2.16. The van der Waals surface area contributed by atoms with Crippen molar-refractivity contribution in [3.05, 3.63) is 47.2 Å². The number of benzene rings is 1. The molecule has 1 aliphatic rings. The van der Waals surface area contributed by atoms with Crippen molar-refractivity contribution in [3.63, 3.8) is 0 Å². The summed E-state index contributed by atoms with van der Waals surface area (Å²) in [5, 5.41) is 12.4. The zero-order valence-electron chi connectivity index (χ0n) is 9.06. The molecule has 4 heteroatoms. The average molecular weight is 229 g/mol. The predicted octanol–water partition coefficient (Wildman–Crippen LogP) is 2.25. The molecule has 0 unspecified atom stereocenters. The van der Waals surface area contributed by atoms with Crippen LogP contribution in [-0.4, -0.2) is 11.1 Å². The molecule has 0 aliphatic carbocycles. The molecule has 2 heterocycles. The molecule has 0 saturated heterocycles. The largest absolute Gasteiger partial charge is 0.478 e. The van der Waals surface area contributed by atoms with E-state index in [4.69, 9.17) is 4.42 Å². The summed E-state index contributed by atoms with van der Waals surface area (Å²) in [7, 11) is 0. The van der Waals surface area contributed by atoms with Gasteiger partial charge in [-0.1, -0.05) is 30.3 Å². The first kappa shape index (κ1) is 10.1. The molecule has 0 spiro atoms. The number of rotatable bonds is 2. The van der Waals surface area contributed by atoms with Crippen molar-refractivity contribution in [1.29, 1.82) is 0 Å². The van der Waals surface area contributed by atoms with Gasteiger partial charge in [-0.2, -0.15) is 0 Å². The number of carboxylic acids is 1. The van der Waals surface area contributed by atoms with Crippen molar-refractivity contribution in [2.24, 2.45) is 0 Å². The lowest BCUT2D eigenvalue weighted by molar-refractivity contribution is 0.0696. The van der Waals surface area contributed by atoms with Crippen LogP contribution in [0.2, 0.25) is 0 Å². The van der Waals surface area contributed by atoms with E-state index in [-0.39, 0.29) is 5.56 Å². The third kappa shape index (κ3) is 1.54. The lowest BCUT2D eigenvalue weighted by Gasteiger charge is -2.00. The van der Waals surface area contributed by atoms with E-state index in [2.05, 4.69) is 5.32 Å². The summed E-state index contributed by atoms with van der Waals surface area (Å²) in [5.74, 6) is 0.267. The second-order valence-corrected chi connectivity index (χ2v) is 3.98. The van der Waals surface area contributed by atoms with E-state index in [1.54, 1.807) is 0 Å². The molecule has 0 amide bonds. The lowest BCUT2D eigenvalue weighted by Crippen LogP contribution is -2.05. The van der Waals surface area contributed by atoms with Crippen molar-refractivity contribution in [1.82, 2.24) is 5.32 Å². The lowest BCUT2D eigenvalue weighted by atomic mass is 10.1. The predicted molar refractivity (Wildman–Crippen MR) is 61.6 cm³/mol. The Labute approximate surface area is 97.9 Å². The van der Waals surface area contributed by atoms with Gasteiger partial charge in [-0.25, -0.2) is 4.79 Å². The fourth-order valence-electron chi connectivity index (χ4n) is 2.16. The molecule has 1 aromatic heterocycles.